The van der Waals surface area contributed by atoms with E-state index in [1.807, 2.05) is 12.1 Å². The molecule has 2 fully saturated rings. The zero-order valence-corrected chi connectivity index (χ0v) is 10.9. The van der Waals surface area contributed by atoms with Gasteiger partial charge in [0, 0.05) is 12.6 Å². The minimum atomic E-state index is -0.344. The number of piperidine rings is 1. The molecule has 1 aromatic carbocycles. The van der Waals surface area contributed by atoms with Crippen molar-refractivity contribution in [1.82, 2.24) is 0 Å². The van der Waals surface area contributed by atoms with Crippen LogP contribution in [0.15, 0.2) is 18.2 Å². The first-order valence-electron chi connectivity index (χ1n) is 6.98. The van der Waals surface area contributed by atoms with Gasteiger partial charge in [-0.05, 0) is 43.7 Å². The number of fused-ring (bicyclic) bond motifs is 1. The summed E-state index contributed by atoms with van der Waals surface area (Å²) < 4.78 is 0. The van der Waals surface area contributed by atoms with Crippen LogP contribution in [0.4, 0.5) is 17.1 Å². The largest absolute Gasteiger partial charge is 0.393 e. The summed E-state index contributed by atoms with van der Waals surface area (Å²) in [7, 11) is 0. The van der Waals surface area contributed by atoms with Gasteiger partial charge in [-0.15, -0.1) is 0 Å². The van der Waals surface area contributed by atoms with Gasteiger partial charge < -0.3 is 10.6 Å². The van der Waals surface area contributed by atoms with Crippen LogP contribution in [-0.2, 0) is 0 Å². The maximum atomic E-state index is 11.3. The van der Waals surface area contributed by atoms with Crippen LogP contribution in [-0.4, -0.2) is 17.5 Å². The Kier molecular flexibility index (Phi) is 3.05. The van der Waals surface area contributed by atoms with E-state index in [2.05, 4.69) is 4.90 Å². The van der Waals surface area contributed by atoms with Gasteiger partial charge in [0.15, 0.2) is 0 Å². The molecule has 0 radical (unpaired) electrons. The molecule has 5 heteroatoms. The molecule has 102 valence electrons. The van der Waals surface area contributed by atoms with Gasteiger partial charge in [-0.2, -0.15) is 0 Å². The van der Waals surface area contributed by atoms with E-state index in [0.717, 1.165) is 19.4 Å². The van der Waals surface area contributed by atoms with Crippen molar-refractivity contribution in [1.29, 1.82) is 0 Å². The zero-order chi connectivity index (χ0) is 13.4. The quantitative estimate of drug-likeness (QED) is 0.504. The van der Waals surface area contributed by atoms with Crippen molar-refractivity contribution in [3.63, 3.8) is 0 Å². The minimum absolute atomic E-state index is 0.0788. The third-order valence-corrected chi connectivity index (χ3v) is 4.53. The molecule has 0 spiro atoms. The molecule has 1 aromatic rings. The molecule has 1 saturated carbocycles. The first kappa shape index (κ1) is 12.3. The summed E-state index contributed by atoms with van der Waals surface area (Å²) in [5.41, 5.74) is 6.85. The highest BCUT2D eigenvalue weighted by Crippen LogP contribution is 2.43. The number of hydrogen-bond acceptors (Lipinski definition) is 4. The maximum absolute atomic E-state index is 11.3. The number of para-hydroxylation sites is 1. The number of rotatable bonds is 2. The second-order valence-corrected chi connectivity index (χ2v) is 5.57. The Bertz CT molecular complexity index is 503. The van der Waals surface area contributed by atoms with Gasteiger partial charge in [0.1, 0.15) is 11.4 Å². The first-order valence-corrected chi connectivity index (χ1v) is 6.98. The Balaban J connectivity index is 2.01. The van der Waals surface area contributed by atoms with Crippen LogP contribution >= 0.6 is 0 Å². The van der Waals surface area contributed by atoms with Crippen molar-refractivity contribution in [3.8, 4) is 0 Å². The maximum Gasteiger partial charge on any atom is 0.315 e. The van der Waals surface area contributed by atoms with Gasteiger partial charge in [-0.1, -0.05) is 12.5 Å². The van der Waals surface area contributed by atoms with Crippen LogP contribution in [0.25, 0.3) is 0 Å². The van der Waals surface area contributed by atoms with E-state index in [-0.39, 0.29) is 16.3 Å². The number of nitro benzene ring substituents is 1. The smallest absolute Gasteiger partial charge is 0.315 e. The van der Waals surface area contributed by atoms with E-state index < -0.39 is 0 Å². The Morgan fingerprint density at radius 3 is 2.84 bits per heavy atom. The lowest BCUT2D eigenvalue weighted by molar-refractivity contribution is -0.383. The lowest BCUT2D eigenvalue weighted by Crippen LogP contribution is -2.42. The van der Waals surface area contributed by atoms with Crippen molar-refractivity contribution in [3.05, 3.63) is 28.3 Å². The summed E-state index contributed by atoms with van der Waals surface area (Å²) in [6.45, 7) is 0.908. The fourth-order valence-corrected chi connectivity index (χ4v) is 3.73. The van der Waals surface area contributed by atoms with E-state index in [0.29, 0.717) is 17.6 Å². The molecule has 5 nitrogen and oxygen atoms in total. The molecule has 1 heterocycles. The predicted octanol–water partition coefficient (Wildman–Crippen LogP) is 2.95. The van der Waals surface area contributed by atoms with Crippen LogP contribution < -0.4 is 10.6 Å². The number of benzene rings is 1. The highest BCUT2D eigenvalue weighted by atomic mass is 16.6. The van der Waals surface area contributed by atoms with E-state index in [1.165, 1.54) is 19.3 Å². The molecule has 1 saturated heterocycles. The molecule has 2 atom stereocenters. The van der Waals surface area contributed by atoms with Crippen LogP contribution in [0.5, 0.6) is 0 Å². The summed E-state index contributed by atoms with van der Waals surface area (Å²) >= 11 is 0. The molecule has 1 aliphatic heterocycles. The van der Waals surface area contributed by atoms with Gasteiger partial charge >= 0.3 is 5.69 Å². The molecular weight excluding hydrogens is 242 g/mol. The lowest BCUT2D eigenvalue weighted by atomic mass is 9.91. The average molecular weight is 261 g/mol. The lowest BCUT2D eigenvalue weighted by Gasteiger charge is -2.39. The normalized spacial score (nSPS) is 26.2. The summed E-state index contributed by atoms with van der Waals surface area (Å²) in [5, 5.41) is 11.3. The summed E-state index contributed by atoms with van der Waals surface area (Å²) in [6.07, 6.45) is 6.03. The fourth-order valence-electron chi connectivity index (χ4n) is 3.73. The molecule has 19 heavy (non-hydrogen) atoms. The molecule has 0 amide bonds. The molecule has 2 N–H and O–H groups in total. The second kappa shape index (κ2) is 4.72. The van der Waals surface area contributed by atoms with E-state index in [4.69, 9.17) is 5.73 Å². The van der Waals surface area contributed by atoms with Crippen LogP contribution in [0.2, 0.25) is 0 Å². The number of hydrogen-bond donors (Lipinski definition) is 1. The molecule has 2 unspecified atom stereocenters. The van der Waals surface area contributed by atoms with Gasteiger partial charge in [0.25, 0.3) is 0 Å². The predicted molar refractivity (Wildman–Crippen MR) is 75.2 cm³/mol. The summed E-state index contributed by atoms with van der Waals surface area (Å²) in [6, 6.07) is 5.73. The monoisotopic (exact) mass is 261 g/mol. The van der Waals surface area contributed by atoms with Crippen LogP contribution in [0, 0.1) is 16.0 Å². The van der Waals surface area contributed by atoms with Gasteiger partial charge in [0.05, 0.1) is 4.92 Å². The average Bonchev–Trinajstić information content (AvgIpc) is 2.85. The summed E-state index contributed by atoms with van der Waals surface area (Å²) in [4.78, 5) is 13.2. The van der Waals surface area contributed by atoms with E-state index >= 15 is 0 Å². The summed E-state index contributed by atoms with van der Waals surface area (Å²) in [5.74, 6) is 0.704. The number of anilines is 2. The van der Waals surface area contributed by atoms with Crippen molar-refractivity contribution < 1.29 is 4.92 Å². The minimum Gasteiger partial charge on any atom is -0.393 e. The Labute approximate surface area is 112 Å². The van der Waals surface area contributed by atoms with E-state index in [1.54, 1.807) is 6.07 Å². The molecule has 0 bridgehead atoms. The number of nitro groups is 1. The number of nitrogens with zero attached hydrogens (tertiary/aromatic N) is 2. The van der Waals surface area contributed by atoms with Gasteiger partial charge in [-0.25, -0.2) is 0 Å². The van der Waals surface area contributed by atoms with Gasteiger partial charge in [0.2, 0.25) is 0 Å². The molecule has 3 rings (SSSR count). The number of nitrogens with two attached hydrogens (primary N) is 1. The van der Waals surface area contributed by atoms with Crippen molar-refractivity contribution in [2.24, 2.45) is 5.92 Å². The Morgan fingerprint density at radius 2 is 2.05 bits per heavy atom. The molecular formula is C14H19N3O2. The van der Waals surface area contributed by atoms with Gasteiger partial charge in [-0.3, -0.25) is 10.1 Å². The van der Waals surface area contributed by atoms with Crippen LogP contribution in [0.1, 0.15) is 32.1 Å². The second-order valence-electron chi connectivity index (χ2n) is 5.57. The SMILES string of the molecule is Nc1cccc(N2CCCC3CCCC32)c1[N+](=O)[O-]. The fraction of sp³-hybridized carbons (Fsp3) is 0.571. The van der Waals surface area contributed by atoms with E-state index in [9.17, 15) is 10.1 Å². The standard InChI is InChI=1S/C14H19N3O2/c15-11-6-2-8-13(14(11)17(18)19)16-9-3-5-10-4-1-7-12(10)16/h2,6,8,10,12H,1,3-5,7,9,15H2. The topological polar surface area (TPSA) is 72.4 Å². The Morgan fingerprint density at radius 1 is 1.26 bits per heavy atom. The molecule has 2 aliphatic rings. The highest BCUT2D eigenvalue weighted by molar-refractivity contribution is 5.75. The van der Waals surface area contributed by atoms with Crippen LogP contribution in [0.3, 0.4) is 0 Å². The third kappa shape index (κ3) is 2.03. The zero-order valence-electron chi connectivity index (χ0n) is 10.9. The number of nitrogen functional groups attached to an aromatic ring is 1. The first-order chi connectivity index (χ1) is 9.18. The molecule has 0 aromatic heterocycles. The highest BCUT2D eigenvalue weighted by Gasteiger charge is 2.37. The molecule has 1 aliphatic carbocycles. The third-order valence-electron chi connectivity index (χ3n) is 4.53. The van der Waals surface area contributed by atoms with Crippen molar-refractivity contribution in [2.45, 2.75) is 38.1 Å². The van der Waals surface area contributed by atoms with Crippen molar-refractivity contribution in [2.75, 3.05) is 17.2 Å². The Hall–Kier alpha value is -1.78. The van der Waals surface area contributed by atoms with Crippen molar-refractivity contribution >= 4 is 17.1 Å².